The fourth-order valence-corrected chi connectivity index (χ4v) is 2.74. The van der Waals surface area contributed by atoms with Gasteiger partial charge in [0.15, 0.2) is 5.78 Å². The van der Waals surface area contributed by atoms with Gasteiger partial charge in [0, 0.05) is 10.5 Å². The third-order valence-electron chi connectivity index (χ3n) is 3.63. The Bertz CT molecular complexity index is 753. The third-order valence-corrected chi connectivity index (χ3v) is 4.29. The van der Waals surface area contributed by atoms with Crippen molar-refractivity contribution in [3.05, 3.63) is 53.1 Å². The van der Waals surface area contributed by atoms with E-state index in [1.807, 2.05) is 6.92 Å². The highest BCUT2D eigenvalue weighted by atomic mass is 32.2. The number of carbonyl (C=O) groups is 1. The summed E-state index contributed by atoms with van der Waals surface area (Å²) in [6.45, 7) is 3.62. The quantitative estimate of drug-likeness (QED) is 0.613. The van der Waals surface area contributed by atoms with Crippen LogP contribution in [-0.4, -0.2) is 19.7 Å². The van der Waals surface area contributed by atoms with E-state index in [-0.39, 0.29) is 28.6 Å². The molecule has 0 amide bonds. The van der Waals surface area contributed by atoms with Gasteiger partial charge in [-0.15, -0.1) is 0 Å². The minimum atomic E-state index is -2.25. The summed E-state index contributed by atoms with van der Waals surface area (Å²) in [6.07, 6.45) is 1.39. The number of aromatic hydroxyl groups is 1. The van der Waals surface area contributed by atoms with E-state index in [1.165, 1.54) is 19.1 Å². The average molecular weight is 347 g/mol. The highest BCUT2D eigenvalue weighted by Gasteiger charge is 2.15. The van der Waals surface area contributed by atoms with Crippen LogP contribution in [0, 0.1) is 0 Å². The van der Waals surface area contributed by atoms with Crippen molar-refractivity contribution < 1.29 is 23.4 Å². The standard InChI is InChI=1S/C18H20O5S/c1-3-4-16-17(10-9-15(12(2)19)18(16)20)23-11-13-5-7-14(8-6-13)24(21)22/h5-10,20H,3-4,11H2,1-2H3,(H,21,22)/p-1. The molecule has 0 aliphatic heterocycles. The number of phenolic OH excluding ortho intramolecular Hbond substituents is 1. The number of phenols is 1. The first kappa shape index (κ1) is 18.2. The van der Waals surface area contributed by atoms with Crippen molar-refractivity contribution in [2.24, 2.45) is 0 Å². The van der Waals surface area contributed by atoms with Crippen molar-refractivity contribution >= 4 is 16.9 Å². The molecule has 1 N–H and O–H groups in total. The monoisotopic (exact) mass is 347 g/mol. The maximum atomic E-state index is 11.5. The molecule has 0 spiro atoms. The van der Waals surface area contributed by atoms with Gasteiger partial charge in [0.05, 0.1) is 5.56 Å². The van der Waals surface area contributed by atoms with Crippen molar-refractivity contribution in [2.75, 3.05) is 0 Å². The van der Waals surface area contributed by atoms with Crippen LogP contribution in [0.4, 0.5) is 0 Å². The Labute approximate surface area is 143 Å². The number of ether oxygens (including phenoxy) is 1. The van der Waals surface area contributed by atoms with Gasteiger partial charge in [-0.2, -0.15) is 0 Å². The number of benzene rings is 2. The second-order valence-electron chi connectivity index (χ2n) is 5.41. The van der Waals surface area contributed by atoms with E-state index in [0.717, 1.165) is 12.0 Å². The van der Waals surface area contributed by atoms with Crippen molar-refractivity contribution in [3.63, 3.8) is 0 Å². The van der Waals surface area contributed by atoms with Crippen LogP contribution in [0.5, 0.6) is 11.5 Å². The summed E-state index contributed by atoms with van der Waals surface area (Å²) in [6, 6.07) is 9.59. The predicted molar refractivity (Wildman–Crippen MR) is 90.1 cm³/mol. The average Bonchev–Trinajstić information content (AvgIpc) is 2.55. The predicted octanol–water partition coefficient (Wildman–Crippen LogP) is 3.36. The van der Waals surface area contributed by atoms with Crippen molar-refractivity contribution in [3.8, 4) is 11.5 Å². The van der Waals surface area contributed by atoms with Crippen LogP contribution in [0.1, 0.15) is 41.8 Å². The fourth-order valence-electron chi connectivity index (χ4n) is 2.39. The van der Waals surface area contributed by atoms with Gasteiger partial charge in [-0.25, -0.2) is 0 Å². The number of ketones is 1. The van der Waals surface area contributed by atoms with Crippen LogP contribution >= 0.6 is 0 Å². The van der Waals surface area contributed by atoms with Gasteiger partial charge in [0.1, 0.15) is 18.1 Å². The third kappa shape index (κ3) is 4.21. The van der Waals surface area contributed by atoms with E-state index in [2.05, 4.69) is 0 Å². The van der Waals surface area contributed by atoms with E-state index in [1.54, 1.807) is 24.3 Å². The number of hydrogen-bond acceptors (Lipinski definition) is 5. The molecule has 0 aromatic heterocycles. The van der Waals surface area contributed by atoms with Crippen LogP contribution in [0.3, 0.4) is 0 Å². The summed E-state index contributed by atoms with van der Waals surface area (Å²) >= 11 is -2.25. The zero-order valence-electron chi connectivity index (χ0n) is 13.6. The van der Waals surface area contributed by atoms with Gasteiger partial charge >= 0.3 is 0 Å². The van der Waals surface area contributed by atoms with Crippen LogP contribution < -0.4 is 4.74 Å². The van der Waals surface area contributed by atoms with Crippen LogP contribution in [-0.2, 0) is 24.1 Å². The molecular formula is C18H19O5S-. The van der Waals surface area contributed by atoms with E-state index in [0.29, 0.717) is 17.7 Å². The minimum absolute atomic E-state index is 0.0288. The molecule has 1 atom stereocenters. The van der Waals surface area contributed by atoms with Gasteiger partial charge in [-0.1, -0.05) is 25.5 Å². The lowest BCUT2D eigenvalue weighted by Crippen LogP contribution is -2.02. The first-order chi connectivity index (χ1) is 11.4. The Morgan fingerprint density at radius 3 is 2.42 bits per heavy atom. The summed E-state index contributed by atoms with van der Waals surface area (Å²) in [4.78, 5) is 11.8. The molecule has 2 aromatic rings. The molecule has 5 nitrogen and oxygen atoms in total. The Hall–Kier alpha value is -2.18. The molecule has 0 fully saturated rings. The molecule has 0 radical (unpaired) electrons. The molecule has 0 saturated carbocycles. The highest BCUT2D eigenvalue weighted by molar-refractivity contribution is 7.79. The molecule has 2 aromatic carbocycles. The molecule has 128 valence electrons. The first-order valence-corrected chi connectivity index (χ1v) is 8.68. The summed E-state index contributed by atoms with van der Waals surface area (Å²) in [5, 5.41) is 10.3. The number of carbonyl (C=O) groups excluding carboxylic acids is 1. The summed E-state index contributed by atoms with van der Waals surface area (Å²) < 4.78 is 27.5. The fraction of sp³-hybridized carbons (Fsp3) is 0.278. The van der Waals surface area contributed by atoms with Crippen LogP contribution in [0.2, 0.25) is 0 Å². The normalized spacial score (nSPS) is 12.0. The number of hydrogen-bond donors (Lipinski definition) is 1. The molecule has 2 rings (SSSR count). The van der Waals surface area contributed by atoms with Gasteiger partial charge in [0.2, 0.25) is 0 Å². The second kappa shape index (κ2) is 8.08. The molecule has 0 aliphatic carbocycles. The Morgan fingerprint density at radius 2 is 1.88 bits per heavy atom. The van der Waals surface area contributed by atoms with Gasteiger partial charge in [-0.3, -0.25) is 9.00 Å². The molecule has 0 bridgehead atoms. The summed E-state index contributed by atoms with van der Waals surface area (Å²) in [5.41, 5.74) is 1.71. The molecular weight excluding hydrogens is 328 g/mol. The maximum Gasteiger partial charge on any atom is 0.163 e. The van der Waals surface area contributed by atoms with Crippen molar-refractivity contribution in [1.82, 2.24) is 0 Å². The number of Topliss-reactive ketones (excluding diaryl/α,β-unsaturated/α-hetero) is 1. The lowest BCUT2D eigenvalue weighted by molar-refractivity contribution is 0.101. The molecule has 0 saturated heterocycles. The summed E-state index contributed by atoms with van der Waals surface area (Å²) in [7, 11) is 0. The second-order valence-corrected chi connectivity index (χ2v) is 6.35. The van der Waals surface area contributed by atoms with E-state index in [4.69, 9.17) is 4.74 Å². The molecule has 0 aliphatic rings. The lowest BCUT2D eigenvalue weighted by Gasteiger charge is -2.15. The van der Waals surface area contributed by atoms with Crippen molar-refractivity contribution in [2.45, 2.75) is 38.2 Å². The van der Waals surface area contributed by atoms with E-state index in [9.17, 15) is 18.7 Å². The SMILES string of the molecule is CCCc1c(OCc2ccc(S(=O)[O-])cc2)ccc(C(C)=O)c1O. The minimum Gasteiger partial charge on any atom is -0.768 e. The van der Waals surface area contributed by atoms with Gasteiger partial charge in [-0.05, 0) is 54.3 Å². The highest BCUT2D eigenvalue weighted by Crippen LogP contribution is 2.33. The summed E-state index contributed by atoms with van der Waals surface area (Å²) in [5.74, 6) is 0.299. The first-order valence-electron chi connectivity index (χ1n) is 7.60. The Kier molecular flexibility index (Phi) is 6.11. The Balaban J connectivity index is 2.21. The molecule has 24 heavy (non-hydrogen) atoms. The van der Waals surface area contributed by atoms with Gasteiger partial charge in [0.25, 0.3) is 0 Å². The molecule has 0 heterocycles. The Morgan fingerprint density at radius 1 is 1.21 bits per heavy atom. The van der Waals surface area contributed by atoms with Crippen LogP contribution in [0.25, 0.3) is 0 Å². The van der Waals surface area contributed by atoms with Gasteiger partial charge < -0.3 is 14.4 Å². The smallest absolute Gasteiger partial charge is 0.163 e. The lowest BCUT2D eigenvalue weighted by atomic mass is 10.0. The van der Waals surface area contributed by atoms with E-state index >= 15 is 0 Å². The molecule has 6 heteroatoms. The zero-order chi connectivity index (χ0) is 17.7. The van der Waals surface area contributed by atoms with Crippen LogP contribution in [0.15, 0.2) is 41.3 Å². The van der Waals surface area contributed by atoms with E-state index < -0.39 is 11.1 Å². The largest absolute Gasteiger partial charge is 0.768 e. The topological polar surface area (TPSA) is 86.7 Å². The molecule has 1 unspecified atom stereocenters. The zero-order valence-corrected chi connectivity index (χ0v) is 14.4. The maximum absolute atomic E-state index is 11.5. The van der Waals surface area contributed by atoms with Crippen molar-refractivity contribution in [1.29, 1.82) is 0 Å². The number of rotatable bonds is 7.